The number of hydrogen-bond donors (Lipinski definition) is 1. The minimum Gasteiger partial charge on any atom is -0.490 e. The van der Waals surface area contributed by atoms with Gasteiger partial charge in [-0.05, 0) is 63.8 Å². The summed E-state index contributed by atoms with van der Waals surface area (Å²) >= 11 is 0. The number of benzene rings is 1. The van der Waals surface area contributed by atoms with E-state index in [1.165, 1.54) is 12.8 Å². The number of carbonyl (C=O) groups excluding carboxylic acids is 1. The zero-order valence-electron chi connectivity index (χ0n) is 13.4. The van der Waals surface area contributed by atoms with Crippen LogP contribution in [0.4, 0.5) is 0 Å². The van der Waals surface area contributed by atoms with Crippen LogP contribution in [0.2, 0.25) is 0 Å². The molecule has 4 heteroatoms. The van der Waals surface area contributed by atoms with E-state index in [0.29, 0.717) is 12.1 Å². The van der Waals surface area contributed by atoms with E-state index in [9.17, 15) is 4.79 Å². The van der Waals surface area contributed by atoms with Gasteiger partial charge in [0.2, 0.25) is 0 Å². The summed E-state index contributed by atoms with van der Waals surface area (Å²) in [6.07, 6.45) is 7.16. The fourth-order valence-electron chi connectivity index (χ4n) is 3.45. The minimum absolute atomic E-state index is 0.131. The number of amides is 1. The summed E-state index contributed by atoms with van der Waals surface area (Å²) in [4.78, 5) is 14.6. The van der Waals surface area contributed by atoms with E-state index in [-0.39, 0.29) is 5.91 Å². The first-order valence-electron chi connectivity index (χ1n) is 8.49. The molecule has 1 heterocycles. The molecule has 0 bridgehead atoms. The highest BCUT2D eigenvalue weighted by molar-refractivity contribution is 5.94. The second-order valence-corrected chi connectivity index (χ2v) is 6.41. The number of nitrogens with one attached hydrogen (secondary N) is 1. The quantitative estimate of drug-likeness (QED) is 0.930. The van der Waals surface area contributed by atoms with Crippen LogP contribution in [-0.4, -0.2) is 43.1 Å². The molecule has 120 valence electrons. The summed E-state index contributed by atoms with van der Waals surface area (Å²) in [5.74, 6) is 0.967. The van der Waals surface area contributed by atoms with Gasteiger partial charge < -0.3 is 15.0 Å². The molecule has 1 N–H and O–H groups in total. The van der Waals surface area contributed by atoms with Crippen LogP contribution in [0.3, 0.4) is 0 Å². The van der Waals surface area contributed by atoms with Crippen molar-refractivity contribution in [3.05, 3.63) is 29.8 Å². The molecule has 0 radical (unpaired) electrons. The second-order valence-electron chi connectivity index (χ2n) is 6.41. The average Bonchev–Trinajstić information content (AvgIpc) is 3.07. The van der Waals surface area contributed by atoms with E-state index < -0.39 is 0 Å². The smallest absolute Gasteiger partial charge is 0.253 e. The van der Waals surface area contributed by atoms with E-state index in [0.717, 1.165) is 50.1 Å². The number of hydrogen-bond acceptors (Lipinski definition) is 3. The number of rotatable bonds is 4. The molecule has 0 spiro atoms. The molecule has 2 aliphatic rings. The van der Waals surface area contributed by atoms with Crippen LogP contribution in [0.25, 0.3) is 0 Å². The molecule has 4 nitrogen and oxygen atoms in total. The van der Waals surface area contributed by atoms with Crippen LogP contribution in [0.1, 0.15) is 48.9 Å². The van der Waals surface area contributed by atoms with Gasteiger partial charge in [-0.1, -0.05) is 6.07 Å². The lowest BCUT2D eigenvalue weighted by Crippen LogP contribution is -2.43. The third-order valence-corrected chi connectivity index (χ3v) is 4.88. The first-order valence-corrected chi connectivity index (χ1v) is 8.49. The van der Waals surface area contributed by atoms with Crippen molar-refractivity contribution in [3.63, 3.8) is 0 Å². The van der Waals surface area contributed by atoms with Crippen LogP contribution in [-0.2, 0) is 0 Å². The molecule has 0 aromatic heterocycles. The van der Waals surface area contributed by atoms with E-state index >= 15 is 0 Å². The monoisotopic (exact) mass is 302 g/mol. The van der Waals surface area contributed by atoms with Gasteiger partial charge in [0, 0.05) is 24.7 Å². The van der Waals surface area contributed by atoms with Crippen LogP contribution in [0.5, 0.6) is 5.75 Å². The Kier molecular flexibility index (Phi) is 4.98. The van der Waals surface area contributed by atoms with E-state index in [4.69, 9.17) is 4.74 Å². The number of likely N-dealkylation sites (tertiary alicyclic amines) is 1. The Morgan fingerprint density at radius 3 is 2.59 bits per heavy atom. The maximum Gasteiger partial charge on any atom is 0.253 e. The Labute approximate surface area is 132 Å². The van der Waals surface area contributed by atoms with E-state index in [1.807, 2.05) is 36.2 Å². The van der Waals surface area contributed by atoms with Crippen molar-refractivity contribution in [2.45, 2.75) is 50.7 Å². The molecule has 1 aliphatic heterocycles. The average molecular weight is 302 g/mol. The van der Waals surface area contributed by atoms with Crippen molar-refractivity contribution in [1.29, 1.82) is 0 Å². The van der Waals surface area contributed by atoms with Crippen molar-refractivity contribution < 1.29 is 9.53 Å². The molecule has 0 unspecified atom stereocenters. The maximum absolute atomic E-state index is 12.6. The molecular weight excluding hydrogens is 276 g/mol. The van der Waals surface area contributed by atoms with Gasteiger partial charge in [-0.25, -0.2) is 0 Å². The van der Waals surface area contributed by atoms with Crippen LogP contribution >= 0.6 is 0 Å². The first kappa shape index (κ1) is 15.3. The predicted octanol–water partition coefficient (Wildman–Crippen LogP) is 2.83. The van der Waals surface area contributed by atoms with Gasteiger partial charge in [0.05, 0.1) is 6.10 Å². The molecule has 2 fully saturated rings. The highest BCUT2D eigenvalue weighted by Gasteiger charge is 2.23. The van der Waals surface area contributed by atoms with Gasteiger partial charge in [0.15, 0.2) is 0 Å². The fraction of sp³-hybridized carbons (Fsp3) is 0.611. The summed E-state index contributed by atoms with van der Waals surface area (Å²) in [6.45, 7) is 1.66. The lowest BCUT2D eigenvalue weighted by Gasteiger charge is -2.32. The molecule has 0 atom stereocenters. The van der Waals surface area contributed by atoms with E-state index in [2.05, 4.69) is 5.32 Å². The molecule has 1 amide bonds. The zero-order valence-corrected chi connectivity index (χ0v) is 13.4. The zero-order chi connectivity index (χ0) is 15.4. The topological polar surface area (TPSA) is 41.6 Å². The molecule has 3 rings (SSSR count). The summed E-state index contributed by atoms with van der Waals surface area (Å²) in [6, 6.07) is 8.24. The van der Waals surface area contributed by atoms with Crippen LogP contribution in [0.15, 0.2) is 24.3 Å². The lowest BCUT2D eigenvalue weighted by molar-refractivity contribution is 0.0706. The normalized spacial score (nSPS) is 20.3. The van der Waals surface area contributed by atoms with Crippen molar-refractivity contribution in [2.75, 3.05) is 20.1 Å². The minimum atomic E-state index is 0.131. The highest BCUT2D eigenvalue weighted by atomic mass is 16.5. The molecular formula is C18H26N2O2. The number of ether oxygens (including phenoxy) is 1. The van der Waals surface area contributed by atoms with E-state index in [1.54, 1.807) is 0 Å². The Hall–Kier alpha value is -1.55. The molecule has 1 saturated carbocycles. The fourth-order valence-corrected chi connectivity index (χ4v) is 3.45. The van der Waals surface area contributed by atoms with Gasteiger partial charge in [0.1, 0.15) is 5.75 Å². The summed E-state index contributed by atoms with van der Waals surface area (Å²) in [5.41, 5.74) is 0.749. The summed E-state index contributed by atoms with van der Waals surface area (Å²) in [5, 5.41) is 3.29. The Morgan fingerprint density at radius 2 is 1.91 bits per heavy atom. The highest BCUT2D eigenvalue weighted by Crippen LogP contribution is 2.25. The van der Waals surface area contributed by atoms with Gasteiger partial charge >= 0.3 is 0 Å². The first-order chi connectivity index (χ1) is 10.8. The Balaban J connectivity index is 1.62. The van der Waals surface area contributed by atoms with Gasteiger partial charge in [-0.3, -0.25) is 4.79 Å². The van der Waals surface area contributed by atoms with Gasteiger partial charge in [0.25, 0.3) is 5.91 Å². The van der Waals surface area contributed by atoms with Crippen molar-refractivity contribution in [1.82, 2.24) is 10.2 Å². The van der Waals surface area contributed by atoms with Crippen molar-refractivity contribution in [3.8, 4) is 5.75 Å². The largest absolute Gasteiger partial charge is 0.490 e. The lowest BCUT2D eigenvalue weighted by atomic mass is 10.0. The van der Waals surface area contributed by atoms with Crippen LogP contribution in [0, 0.1) is 0 Å². The Morgan fingerprint density at radius 1 is 1.18 bits per heavy atom. The Bertz CT molecular complexity index is 504. The third-order valence-electron chi connectivity index (χ3n) is 4.88. The summed E-state index contributed by atoms with van der Waals surface area (Å²) < 4.78 is 6.01. The third kappa shape index (κ3) is 3.61. The molecule has 22 heavy (non-hydrogen) atoms. The SMILES string of the molecule is CNC1CCN(C(=O)c2cccc(OC3CCCC3)c2)CC1. The number of carbonyl (C=O) groups is 1. The van der Waals surface area contributed by atoms with Crippen molar-refractivity contribution >= 4 is 5.91 Å². The summed E-state index contributed by atoms with van der Waals surface area (Å²) in [7, 11) is 1.99. The predicted molar refractivity (Wildman–Crippen MR) is 87.3 cm³/mol. The number of piperidine rings is 1. The number of nitrogens with zero attached hydrogens (tertiary/aromatic N) is 1. The second kappa shape index (κ2) is 7.14. The molecule has 1 aromatic carbocycles. The molecule has 1 aliphatic carbocycles. The van der Waals surface area contributed by atoms with Crippen LogP contribution < -0.4 is 10.1 Å². The molecule has 1 aromatic rings. The maximum atomic E-state index is 12.6. The van der Waals surface area contributed by atoms with Crippen molar-refractivity contribution in [2.24, 2.45) is 0 Å². The van der Waals surface area contributed by atoms with Gasteiger partial charge in [-0.15, -0.1) is 0 Å². The molecule has 1 saturated heterocycles. The van der Waals surface area contributed by atoms with Gasteiger partial charge in [-0.2, -0.15) is 0 Å². The standard InChI is InChI=1S/C18H26N2O2/c1-19-15-9-11-20(12-10-15)18(21)14-5-4-8-17(13-14)22-16-6-2-3-7-16/h4-5,8,13,15-16,19H,2-3,6-7,9-12H2,1H3.